The number of hydrogen-bond acceptors (Lipinski definition) is 3. The maximum Gasteiger partial charge on any atom is 0.307 e. The van der Waals surface area contributed by atoms with Crippen molar-refractivity contribution in [2.24, 2.45) is 5.92 Å². The second-order valence-corrected chi connectivity index (χ2v) is 4.70. The summed E-state index contributed by atoms with van der Waals surface area (Å²) in [5.41, 5.74) is 0.690. The lowest BCUT2D eigenvalue weighted by atomic mass is 9.98. The molecule has 0 saturated carbocycles. The Bertz CT molecular complexity index is 430. The highest BCUT2D eigenvalue weighted by Gasteiger charge is 2.26. The summed E-state index contributed by atoms with van der Waals surface area (Å²) in [6.07, 6.45) is 1.56. The van der Waals surface area contributed by atoms with Crippen LogP contribution in [0.5, 0.6) is 0 Å². The number of aliphatic carboxylic acids is 1. The lowest BCUT2D eigenvalue weighted by molar-refractivity contribution is -0.143. The topological polar surface area (TPSA) is 57.6 Å². The smallest absolute Gasteiger partial charge is 0.307 e. The molecule has 1 aromatic rings. The molecule has 1 unspecified atom stereocenters. The number of carbonyl (C=O) groups excluding carboxylic acids is 1. The van der Waals surface area contributed by atoms with Gasteiger partial charge in [0.05, 0.1) is 12.5 Å². The molecular weight excluding hydrogens is 230 g/mol. The molecule has 1 heterocycles. The van der Waals surface area contributed by atoms with Crippen molar-refractivity contribution in [1.29, 1.82) is 0 Å². The number of rotatable bonds is 4. The SMILES string of the molecule is O=C(CN1CCCC(C(=O)O)C1)c1ccccc1. The first kappa shape index (κ1) is 12.8. The van der Waals surface area contributed by atoms with Crippen LogP contribution >= 0.6 is 0 Å². The number of ketones is 1. The minimum atomic E-state index is -0.758. The van der Waals surface area contributed by atoms with Crippen LogP contribution in [0.4, 0.5) is 0 Å². The molecule has 0 radical (unpaired) electrons. The minimum Gasteiger partial charge on any atom is -0.481 e. The van der Waals surface area contributed by atoms with Crippen molar-refractivity contribution in [3.05, 3.63) is 35.9 Å². The van der Waals surface area contributed by atoms with E-state index in [4.69, 9.17) is 5.11 Å². The van der Waals surface area contributed by atoms with Crippen molar-refractivity contribution in [3.63, 3.8) is 0 Å². The molecule has 1 aliphatic heterocycles. The van der Waals surface area contributed by atoms with Gasteiger partial charge >= 0.3 is 5.97 Å². The van der Waals surface area contributed by atoms with Crippen molar-refractivity contribution in [2.75, 3.05) is 19.6 Å². The second-order valence-electron chi connectivity index (χ2n) is 4.70. The van der Waals surface area contributed by atoms with Crippen LogP contribution in [0.25, 0.3) is 0 Å². The molecule has 1 atom stereocenters. The molecule has 0 aromatic heterocycles. The lowest BCUT2D eigenvalue weighted by Gasteiger charge is -2.29. The Morgan fingerprint density at radius 2 is 2.00 bits per heavy atom. The highest BCUT2D eigenvalue weighted by Crippen LogP contribution is 2.17. The van der Waals surface area contributed by atoms with E-state index < -0.39 is 5.97 Å². The molecule has 1 aromatic carbocycles. The molecule has 1 fully saturated rings. The maximum atomic E-state index is 12.0. The Labute approximate surface area is 106 Å². The molecule has 1 aliphatic rings. The molecule has 18 heavy (non-hydrogen) atoms. The van der Waals surface area contributed by atoms with E-state index >= 15 is 0 Å². The van der Waals surface area contributed by atoms with E-state index in [2.05, 4.69) is 0 Å². The van der Waals surface area contributed by atoms with Gasteiger partial charge in [0.2, 0.25) is 0 Å². The van der Waals surface area contributed by atoms with Gasteiger partial charge in [-0.05, 0) is 19.4 Å². The van der Waals surface area contributed by atoms with Gasteiger partial charge < -0.3 is 5.11 Å². The molecule has 0 amide bonds. The molecule has 4 nitrogen and oxygen atoms in total. The van der Waals surface area contributed by atoms with Crippen molar-refractivity contribution in [3.8, 4) is 0 Å². The summed E-state index contributed by atoms with van der Waals surface area (Å²) >= 11 is 0. The average Bonchev–Trinajstić information content (AvgIpc) is 2.40. The van der Waals surface area contributed by atoms with Crippen LogP contribution in [0.15, 0.2) is 30.3 Å². The average molecular weight is 247 g/mol. The Kier molecular flexibility index (Phi) is 4.10. The first-order chi connectivity index (χ1) is 8.66. The van der Waals surface area contributed by atoms with E-state index in [1.54, 1.807) is 12.1 Å². The van der Waals surface area contributed by atoms with Crippen LogP contribution in [0.3, 0.4) is 0 Å². The van der Waals surface area contributed by atoms with Gasteiger partial charge in [0, 0.05) is 12.1 Å². The third kappa shape index (κ3) is 3.17. The maximum absolute atomic E-state index is 12.0. The number of piperidine rings is 1. The van der Waals surface area contributed by atoms with Gasteiger partial charge in [-0.25, -0.2) is 0 Å². The number of carbonyl (C=O) groups is 2. The summed E-state index contributed by atoms with van der Waals surface area (Å²) in [6, 6.07) is 9.13. The largest absolute Gasteiger partial charge is 0.481 e. The molecule has 0 aliphatic carbocycles. The quantitative estimate of drug-likeness (QED) is 0.822. The molecule has 1 saturated heterocycles. The number of Topliss-reactive ketones (excluding diaryl/α,β-unsaturated/α-hetero) is 1. The van der Waals surface area contributed by atoms with Gasteiger partial charge in [-0.1, -0.05) is 30.3 Å². The van der Waals surface area contributed by atoms with E-state index in [1.165, 1.54) is 0 Å². The summed E-state index contributed by atoms with van der Waals surface area (Å²) in [7, 11) is 0. The molecule has 0 spiro atoms. The number of carboxylic acids is 1. The summed E-state index contributed by atoms with van der Waals surface area (Å²) in [5.74, 6) is -1.03. The molecule has 2 rings (SSSR count). The van der Waals surface area contributed by atoms with Crippen molar-refractivity contribution in [2.45, 2.75) is 12.8 Å². The zero-order valence-electron chi connectivity index (χ0n) is 10.2. The monoisotopic (exact) mass is 247 g/mol. The molecular formula is C14H17NO3. The molecule has 0 bridgehead atoms. The van der Waals surface area contributed by atoms with Crippen LogP contribution < -0.4 is 0 Å². The fourth-order valence-electron chi connectivity index (χ4n) is 2.32. The first-order valence-electron chi connectivity index (χ1n) is 6.20. The van der Waals surface area contributed by atoms with E-state index in [-0.39, 0.29) is 11.7 Å². The van der Waals surface area contributed by atoms with Crippen LogP contribution in [-0.2, 0) is 4.79 Å². The number of hydrogen-bond donors (Lipinski definition) is 1. The molecule has 4 heteroatoms. The third-order valence-corrected chi connectivity index (χ3v) is 3.32. The fourth-order valence-corrected chi connectivity index (χ4v) is 2.32. The van der Waals surface area contributed by atoms with Crippen LogP contribution in [0.1, 0.15) is 23.2 Å². The summed E-state index contributed by atoms with van der Waals surface area (Å²) in [4.78, 5) is 24.9. The van der Waals surface area contributed by atoms with Crippen molar-refractivity contribution in [1.82, 2.24) is 4.90 Å². The predicted molar refractivity (Wildman–Crippen MR) is 67.6 cm³/mol. The first-order valence-corrected chi connectivity index (χ1v) is 6.20. The Morgan fingerprint density at radius 3 is 2.67 bits per heavy atom. The van der Waals surface area contributed by atoms with E-state index in [1.807, 2.05) is 23.1 Å². The zero-order chi connectivity index (χ0) is 13.0. The lowest BCUT2D eigenvalue weighted by Crippen LogP contribution is -2.41. The molecule has 1 N–H and O–H groups in total. The highest BCUT2D eigenvalue weighted by atomic mass is 16.4. The summed E-state index contributed by atoms with van der Waals surface area (Å²) in [5, 5.41) is 9.00. The van der Waals surface area contributed by atoms with Crippen LogP contribution in [-0.4, -0.2) is 41.4 Å². The van der Waals surface area contributed by atoms with Gasteiger partial charge in [-0.3, -0.25) is 14.5 Å². The van der Waals surface area contributed by atoms with Gasteiger partial charge in [0.1, 0.15) is 0 Å². The van der Waals surface area contributed by atoms with Gasteiger partial charge in [0.15, 0.2) is 5.78 Å². The van der Waals surface area contributed by atoms with Gasteiger partial charge in [0.25, 0.3) is 0 Å². The van der Waals surface area contributed by atoms with Gasteiger partial charge in [-0.15, -0.1) is 0 Å². The number of benzene rings is 1. The van der Waals surface area contributed by atoms with E-state index in [0.717, 1.165) is 13.0 Å². The Balaban J connectivity index is 1.93. The third-order valence-electron chi connectivity index (χ3n) is 3.32. The molecule has 96 valence electrons. The Hall–Kier alpha value is -1.68. The van der Waals surface area contributed by atoms with E-state index in [0.29, 0.717) is 25.1 Å². The number of nitrogens with zero attached hydrogens (tertiary/aromatic N) is 1. The van der Waals surface area contributed by atoms with E-state index in [9.17, 15) is 9.59 Å². The predicted octanol–water partition coefficient (Wildman–Crippen LogP) is 1.67. The number of carboxylic acid groups (broad SMARTS) is 1. The standard InChI is InChI=1S/C14H17NO3/c16-13(11-5-2-1-3-6-11)10-15-8-4-7-12(9-15)14(17)18/h1-3,5-6,12H,4,7-10H2,(H,17,18). The van der Waals surface area contributed by atoms with Crippen LogP contribution in [0.2, 0.25) is 0 Å². The fraction of sp³-hybridized carbons (Fsp3) is 0.429. The van der Waals surface area contributed by atoms with Crippen LogP contribution in [0, 0.1) is 5.92 Å². The zero-order valence-corrected chi connectivity index (χ0v) is 10.2. The summed E-state index contributed by atoms with van der Waals surface area (Å²) < 4.78 is 0. The minimum absolute atomic E-state index is 0.0571. The second kappa shape index (κ2) is 5.78. The Morgan fingerprint density at radius 1 is 1.28 bits per heavy atom. The van der Waals surface area contributed by atoms with Crippen molar-refractivity contribution >= 4 is 11.8 Å². The number of likely N-dealkylation sites (tertiary alicyclic amines) is 1. The highest BCUT2D eigenvalue weighted by molar-refractivity contribution is 5.97. The normalized spacial score (nSPS) is 20.6. The van der Waals surface area contributed by atoms with Gasteiger partial charge in [-0.2, -0.15) is 0 Å². The summed E-state index contributed by atoms with van der Waals surface area (Å²) in [6.45, 7) is 1.60. The van der Waals surface area contributed by atoms with Crippen molar-refractivity contribution < 1.29 is 14.7 Å².